The Hall–Kier alpha value is -3.19. The topological polar surface area (TPSA) is 70.1 Å². The number of ether oxygens (including phenoxy) is 1. The number of hydrogen-bond acceptors (Lipinski definition) is 5. The molecule has 0 spiro atoms. The summed E-state index contributed by atoms with van der Waals surface area (Å²) in [6.07, 6.45) is 0.382. The highest BCUT2D eigenvalue weighted by atomic mass is 35.5. The number of rotatable bonds is 10. The van der Waals surface area contributed by atoms with Crippen molar-refractivity contribution in [3.63, 3.8) is 0 Å². The smallest absolute Gasteiger partial charge is 0.253 e. The number of carbonyl (C=O) groups excluding carboxylic acids is 2. The fourth-order valence-corrected chi connectivity index (χ4v) is 4.29. The molecule has 1 N–H and O–H groups in total. The van der Waals surface area contributed by atoms with E-state index in [1.165, 1.54) is 0 Å². The van der Waals surface area contributed by atoms with Crippen molar-refractivity contribution in [1.29, 1.82) is 0 Å². The zero-order valence-corrected chi connectivity index (χ0v) is 21.1. The summed E-state index contributed by atoms with van der Waals surface area (Å²) in [7, 11) is 0. The Morgan fingerprint density at radius 2 is 1.44 bits per heavy atom. The van der Waals surface area contributed by atoms with Gasteiger partial charge in [0.1, 0.15) is 18.5 Å². The predicted molar refractivity (Wildman–Crippen MR) is 143 cm³/mol. The third-order valence-electron chi connectivity index (χ3n) is 6.25. The van der Waals surface area contributed by atoms with Crippen LogP contribution in [0.25, 0.3) is 0 Å². The molecule has 0 saturated carbocycles. The molecule has 0 aromatic heterocycles. The summed E-state index contributed by atoms with van der Waals surface area (Å²) in [5.74, 6) is 0.573. The summed E-state index contributed by atoms with van der Waals surface area (Å²) in [5, 5.41) is 10.6. The monoisotopic (exact) mass is 508 g/mol. The van der Waals surface area contributed by atoms with Gasteiger partial charge in [-0.3, -0.25) is 14.5 Å². The predicted octanol–water partition coefficient (Wildman–Crippen LogP) is 4.12. The molecular weight excluding hydrogens is 476 g/mol. The van der Waals surface area contributed by atoms with Crippen LogP contribution in [-0.4, -0.2) is 72.0 Å². The lowest BCUT2D eigenvalue weighted by Gasteiger charge is -2.35. The summed E-state index contributed by atoms with van der Waals surface area (Å²) in [4.78, 5) is 29.4. The van der Waals surface area contributed by atoms with E-state index in [0.717, 1.165) is 5.56 Å². The first kappa shape index (κ1) is 27.4. The lowest BCUT2D eigenvalue weighted by molar-refractivity contribution is 0.0401. The molecule has 4 rings (SSSR count). The number of nitrogens with zero attached hydrogens (tertiary/aromatic N) is 2. The number of benzene rings is 3. The molecule has 7 heteroatoms. The van der Waals surface area contributed by atoms with Crippen LogP contribution < -0.4 is 4.74 Å². The van der Waals surface area contributed by atoms with Gasteiger partial charge in [-0.05, 0) is 36.2 Å². The van der Waals surface area contributed by atoms with Gasteiger partial charge in [-0.1, -0.05) is 60.7 Å². The number of piperazine rings is 1. The van der Waals surface area contributed by atoms with Gasteiger partial charge in [-0.2, -0.15) is 0 Å². The van der Waals surface area contributed by atoms with Gasteiger partial charge in [0.2, 0.25) is 0 Å². The molecule has 0 aliphatic carbocycles. The molecule has 6 nitrogen and oxygen atoms in total. The molecule has 0 bridgehead atoms. The largest absolute Gasteiger partial charge is 0.490 e. The summed E-state index contributed by atoms with van der Waals surface area (Å²) in [5.41, 5.74) is 2.37. The molecular formula is C29H33ClN2O4. The molecule has 1 aliphatic rings. The average Bonchev–Trinajstić information content (AvgIpc) is 2.92. The van der Waals surface area contributed by atoms with Gasteiger partial charge in [-0.25, -0.2) is 0 Å². The summed E-state index contributed by atoms with van der Waals surface area (Å²) < 4.78 is 5.87. The van der Waals surface area contributed by atoms with Crippen molar-refractivity contribution < 1.29 is 19.4 Å². The highest BCUT2D eigenvalue weighted by molar-refractivity contribution is 5.98. The first-order chi connectivity index (χ1) is 17.1. The molecule has 3 aromatic rings. The fourth-order valence-electron chi connectivity index (χ4n) is 4.29. The maximum atomic E-state index is 12.8. The van der Waals surface area contributed by atoms with Crippen molar-refractivity contribution >= 4 is 24.1 Å². The normalized spacial score (nSPS) is 14.5. The maximum Gasteiger partial charge on any atom is 0.253 e. The average molecular weight is 509 g/mol. The van der Waals surface area contributed by atoms with Crippen LogP contribution in [0.4, 0.5) is 0 Å². The second kappa shape index (κ2) is 13.8. The van der Waals surface area contributed by atoms with E-state index in [4.69, 9.17) is 4.74 Å². The molecule has 3 aromatic carbocycles. The van der Waals surface area contributed by atoms with Crippen molar-refractivity contribution in [2.45, 2.75) is 18.9 Å². The summed E-state index contributed by atoms with van der Waals surface area (Å²) in [6.45, 7) is 3.21. The van der Waals surface area contributed by atoms with E-state index < -0.39 is 6.10 Å². The Morgan fingerprint density at radius 3 is 2.14 bits per heavy atom. The van der Waals surface area contributed by atoms with Crippen LogP contribution in [-0.2, 0) is 6.42 Å². The number of ketones is 1. The van der Waals surface area contributed by atoms with E-state index in [1.807, 2.05) is 77.7 Å². The minimum absolute atomic E-state index is 0. The van der Waals surface area contributed by atoms with Crippen LogP contribution in [0.3, 0.4) is 0 Å². The van der Waals surface area contributed by atoms with Gasteiger partial charge in [0.05, 0.1) is 5.56 Å². The molecule has 190 valence electrons. The number of Topliss-reactive ketones (excluding diaryl/α,β-unsaturated/α-hetero) is 1. The molecule has 1 heterocycles. The number of para-hydroxylation sites is 1. The van der Waals surface area contributed by atoms with Gasteiger partial charge in [-0.15, -0.1) is 12.4 Å². The Morgan fingerprint density at radius 1 is 0.833 bits per heavy atom. The van der Waals surface area contributed by atoms with Crippen molar-refractivity contribution in [1.82, 2.24) is 9.80 Å². The Kier molecular flexibility index (Phi) is 10.5. The van der Waals surface area contributed by atoms with E-state index in [9.17, 15) is 14.7 Å². The van der Waals surface area contributed by atoms with Gasteiger partial charge in [0.25, 0.3) is 5.91 Å². The van der Waals surface area contributed by atoms with Crippen LogP contribution >= 0.6 is 12.4 Å². The number of amides is 1. The van der Waals surface area contributed by atoms with Crippen molar-refractivity contribution in [2.75, 3.05) is 39.3 Å². The molecule has 1 fully saturated rings. The van der Waals surface area contributed by atoms with E-state index in [1.54, 1.807) is 12.1 Å². The first-order valence-corrected chi connectivity index (χ1v) is 12.1. The van der Waals surface area contributed by atoms with Crippen LogP contribution in [0.1, 0.15) is 32.7 Å². The first-order valence-electron chi connectivity index (χ1n) is 12.1. The Bertz CT molecular complexity index is 1100. The number of β-amino-alcohol motifs (C(OH)–C–C–N with tert-alkyl or cyclic N) is 1. The summed E-state index contributed by atoms with van der Waals surface area (Å²) in [6, 6.07) is 26.5. The fraction of sp³-hybridized carbons (Fsp3) is 0.310. The second-order valence-electron chi connectivity index (χ2n) is 8.83. The van der Waals surface area contributed by atoms with Gasteiger partial charge in [0, 0.05) is 44.7 Å². The number of aliphatic hydroxyl groups is 1. The molecule has 1 unspecified atom stereocenters. The zero-order chi connectivity index (χ0) is 24.5. The van der Waals surface area contributed by atoms with Crippen LogP contribution in [0, 0.1) is 0 Å². The maximum absolute atomic E-state index is 12.8. The van der Waals surface area contributed by atoms with Crippen LogP contribution in [0.2, 0.25) is 0 Å². The number of halogens is 1. The van der Waals surface area contributed by atoms with Gasteiger partial charge in [0.15, 0.2) is 5.78 Å². The van der Waals surface area contributed by atoms with Crippen LogP contribution in [0.15, 0.2) is 84.9 Å². The summed E-state index contributed by atoms with van der Waals surface area (Å²) >= 11 is 0. The third kappa shape index (κ3) is 7.65. The number of aryl methyl sites for hydroxylation is 1. The van der Waals surface area contributed by atoms with Crippen molar-refractivity contribution in [2.24, 2.45) is 0 Å². The molecule has 1 atom stereocenters. The highest BCUT2D eigenvalue weighted by Crippen LogP contribution is 2.21. The van der Waals surface area contributed by atoms with Crippen LogP contribution in [0.5, 0.6) is 5.75 Å². The molecule has 36 heavy (non-hydrogen) atoms. The van der Waals surface area contributed by atoms with Gasteiger partial charge < -0.3 is 14.7 Å². The highest BCUT2D eigenvalue weighted by Gasteiger charge is 2.23. The lowest BCUT2D eigenvalue weighted by Crippen LogP contribution is -2.51. The SMILES string of the molecule is Cl.O=C(CCc1ccccc1)c1ccccc1OCC(O)CN1CCN(C(=O)c2ccccc2)CC1. The Labute approximate surface area is 218 Å². The number of carbonyl (C=O) groups is 2. The standard InChI is InChI=1S/C29H32N2O4.ClH/c32-25(21-30-17-19-31(20-18-30)29(34)24-11-5-2-6-12-24)22-35-28-14-8-7-13-26(28)27(33)16-15-23-9-3-1-4-10-23;/h1-14,25,32H,15-22H2;1H. The van der Waals surface area contributed by atoms with E-state index in [2.05, 4.69) is 4.90 Å². The minimum atomic E-state index is -0.696. The molecule has 1 saturated heterocycles. The van der Waals surface area contributed by atoms with Crippen molar-refractivity contribution in [3.8, 4) is 5.75 Å². The molecule has 1 aliphatic heterocycles. The molecule has 1 amide bonds. The number of aliphatic hydroxyl groups excluding tert-OH is 1. The lowest BCUT2D eigenvalue weighted by atomic mass is 10.0. The van der Waals surface area contributed by atoms with E-state index in [0.29, 0.717) is 62.4 Å². The second-order valence-corrected chi connectivity index (χ2v) is 8.83. The Balaban J connectivity index is 0.00000361. The molecule has 0 radical (unpaired) electrons. The third-order valence-corrected chi connectivity index (χ3v) is 6.25. The van der Waals surface area contributed by atoms with Crippen molar-refractivity contribution in [3.05, 3.63) is 102 Å². The zero-order valence-electron chi connectivity index (χ0n) is 20.3. The van der Waals surface area contributed by atoms with E-state index in [-0.39, 0.29) is 30.7 Å². The quantitative estimate of drug-likeness (QED) is 0.417. The van der Waals surface area contributed by atoms with E-state index >= 15 is 0 Å². The number of hydrogen-bond donors (Lipinski definition) is 1. The minimum Gasteiger partial charge on any atom is -0.490 e. The van der Waals surface area contributed by atoms with Gasteiger partial charge >= 0.3 is 0 Å².